The van der Waals surface area contributed by atoms with Crippen molar-refractivity contribution in [1.82, 2.24) is 4.68 Å². The topological polar surface area (TPSA) is 65.2 Å². The number of H-pyrrole nitrogens is 1. The van der Waals surface area contributed by atoms with E-state index in [4.69, 9.17) is 0 Å². The molecule has 0 spiro atoms. The van der Waals surface area contributed by atoms with Gasteiger partial charge in [0.15, 0.2) is 0 Å². The average Bonchev–Trinajstić information content (AvgIpc) is 2.70. The standard InChI is InChI=1S/C22H17N3O2/c1-15-8-7-11-17(14-15)21(26)24-25-20(16-9-3-2-4-10-16)23-19-13-6-5-12-18(19)22(25)27/h2-14H,1H3,(H,24,26)/p+1. The molecule has 27 heavy (non-hydrogen) atoms. The number of aryl methyl sites for hydroxylation is 1. The summed E-state index contributed by atoms with van der Waals surface area (Å²) in [6.45, 7) is 1.92. The molecule has 0 saturated carbocycles. The van der Waals surface area contributed by atoms with Crippen LogP contribution >= 0.6 is 0 Å². The zero-order valence-corrected chi connectivity index (χ0v) is 14.8. The number of rotatable bonds is 3. The molecule has 5 nitrogen and oxygen atoms in total. The molecule has 4 rings (SSSR count). The number of nitrogens with zero attached hydrogens (tertiary/aromatic N) is 1. The van der Waals surface area contributed by atoms with E-state index in [0.29, 0.717) is 22.3 Å². The summed E-state index contributed by atoms with van der Waals surface area (Å²) in [7, 11) is 0. The fraction of sp³-hybridized carbons (Fsp3) is 0.0455. The van der Waals surface area contributed by atoms with E-state index in [1.165, 1.54) is 4.68 Å². The van der Waals surface area contributed by atoms with Crippen LogP contribution in [0.15, 0.2) is 83.7 Å². The Balaban J connectivity index is 1.89. The number of amides is 1. The summed E-state index contributed by atoms with van der Waals surface area (Å²) in [5.74, 6) is 0.168. The lowest BCUT2D eigenvalue weighted by atomic mass is 10.1. The molecule has 0 aliphatic carbocycles. The molecule has 132 valence electrons. The van der Waals surface area contributed by atoms with Crippen LogP contribution in [0.4, 0.5) is 0 Å². The van der Waals surface area contributed by atoms with Crippen LogP contribution in [-0.4, -0.2) is 10.6 Å². The Morgan fingerprint density at radius 3 is 2.44 bits per heavy atom. The largest absolute Gasteiger partial charge is 0.369 e. The molecule has 0 aliphatic heterocycles. The van der Waals surface area contributed by atoms with Crippen LogP contribution in [0, 0.1) is 6.92 Å². The molecule has 0 aliphatic rings. The Kier molecular flexibility index (Phi) is 4.26. The number of hydrogen-bond acceptors (Lipinski definition) is 2. The first-order valence-corrected chi connectivity index (χ1v) is 8.64. The van der Waals surface area contributed by atoms with Crippen molar-refractivity contribution >= 4 is 16.8 Å². The highest BCUT2D eigenvalue weighted by atomic mass is 16.2. The number of carbonyl (C=O) groups is 1. The lowest BCUT2D eigenvalue weighted by Crippen LogP contribution is -2.38. The molecule has 3 aromatic carbocycles. The number of fused-ring (bicyclic) bond motifs is 1. The number of aromatic nitrogens is 2. The molecule has 0 saturated heterocycles. The molecular formula is C22H18N3O2+. The van der Waals surface area contributed by atoms with Crippen LogP contribution in [0.3, 0.4) is 0 Å². The van der Waals surface area contributed by atoms with E-state index >= 15 is 0 Å². The zero-order chi connectivity index (χ0) is 18.8. The highest BCUT2D eigenvalue weighted by Crippen LogP contribution is 2.14. The van der Waals surface area contributed by atoms with Crippen LogP contribution in [0.5, 0.6) is 0 Å². The Morgan fingerprint density at radius 1 is 0.926 bits per heavy atom. The van der Waals surface area contributed by atoms with Gasteiger partial charge in [-0.05, 0) is 43.3 Å². The number of para-hydroxylation sites is 1. The van der Waals surface area contributed by atoms with E-state index in [1.54, 1.807) is 24.3 Å². The summed E-state index contributed by atoms with van der Waals surface area (Å²) in [5.41, 5.74) is 5.44. The van der Waals surface area contributed by atoms with Crippen molar-refractivity contribution in [2.24, 2.45) is 0 Å². The SMILES string of the molecule is Cc1cccc(C(=O)Nn2c(-c3ccccc3)[nH+]c3ccccc3c2=O)c1. The maximum Gasteiger partial charge on any atom is 0.369 e. The van der Waals surface area contributed by atoms with Crippen LogP contribution in [0.1, 0.15) is 15.9 Å². The van der Waals surface area contributed by atoms with E-state index < -0.39 is 0 Å². The molecule has 0 fully saturated rings. The van der Waals surface area contributed by atoms with Gasteiger partial charge in [0.1, 0.15) is 10.9 Å². The van der Waals surface area contributed by atoms with Gasteiger partial charge in [-0.1, -0.05) is 52.7 Å². The van der Waals surface area contributed by atoms with Gasteiger partial charge in [-0.2, -0.15) is 5.43 Å². The van der Waals surface area contributed by atoms with Gasteiger partial charge < -0.3 is 0 Å². The highest BCUT2D eigenvalue weighted by molar-refractivity contribution is 6.00. The Hall–Kier alpha value is -3.73. The van der Waals surface area contributed by atoms with Crippen molar-refractivity contribution in [1.29, 1.82) is 0 Å². The van der Waals surface area contributed by atoms with Gasteiger partial charge in [0, 0.05) is 5.56 Å². The molecule has 4 aromatic rings. The summed E-state index contributed by atoms with van der Waals surface area (Å²) in [6.07, 6.45) is 0. The summed E-state index contributed by atoms with van der Waals surface area (Å²) >= 11 is 0. The monoisotopic (exact) mass is 356 g/mol. The van der Waals surface area contributed by atoms with Crippen LogP contribution in [-0.2, 0) is 0 Å². The van der Waals surface area contributed by atoms with Gasteiger partial charge in [0.05, 0.1) is 5.56 Å². The third-order valence-electron chi connectivity index (χ3n) is 4.38. The first kappa shape index (κ1) is 16.7. The van der Waals surface area contributed by atoms with Crippen molar-refractivity contribution in [3.8, 4) is 11.4 Å². The van der Waals surface area contributed by atoms with Crippen molar-refractivity contribution in [2.75, 3.05) is 5.43 Å². The van der Waals surface area contributed by atoms with Crippen LogP contribution in [0.2, 0.25) is 0 Å². The first-order valence-electron chi connectivity index (χ1n) is 8.64. The smallest absolute Gasteiger partial charge is 0.266 e. The number of hydrogen-bond donors (Lipinski definition) is 1. The van der Waals surface area contributed by atoms with Crippen molar-refractivity contribution < 1.29 is 9.78 Å². The number of carbonyl (C=O) groups excluding carboxylic acids is 1. The lowest BCUT2D eigenvalue weighted by molar-refractivity contribution is -0.337. The minimum atomic E-state index is -0.346. The summed E-state index contributed by atoms with van der Waals surface area (Å²) in [6, 6.07) is 23.9. The number of benzene rings is 3. The van der Waals surface area contributed by atoms with Gasteiger partial charge in [0.2, 0.25) is 0 Å². The molecule has 1 aromatic heterocycles. The number of nitrogens with one attached hydrogen (secondary N) is 2. The molecule has 2 N–H and O–H groups in total. The lowest BCUT2D eigenvalue weighted by Gasteiger charge is -2.08. The third kappa shape index (κ3) is 3.22. The number of aromatic amines is 1. The molecule has 0 bridgehead atoms. The van der Waals surface area contributed by atoms with Crippen molar-refractivity contribution in [3.63, 3.8) is 0 Å². The Bertz CT molecular complexity index is 1200. The van der Waals surface area contributed by atoms with Gasteiger partial charge in [-0.15, -0.1) is 0 Å². The van der Waals surface area contributed by atoms with Crippen molar-refractivity contribution in [2.45, 2.75) is 6.92 Å². The van der Waals surface area contributed by atoms with Gasteiger partial charge in [-0.25, -0.2) is 9.78 Å². The molecule has 1 amide bonds. The Labute approximate surface area is 155 Å². The van der Waals surface area contributed by atoms with E-state index in [0.717, 1.165) is 11.1 Å². The first-order chi connectivity index (χ1) is 13.1. The summed E-state index contributed by atoms with van der Waals surface area (Å²) < 4.78 is 1.28. The van der Waals surface area contributed by atoms with E-state index in [-0.39, 0.29) is 11.5 Å². The Morgan fingerprint density at radius 2 is 1.67 bits per heavy atom. The highest BCUT2D eigenvalue weighted by Gasteiger charge is 2.22. The van der Waals surface area contributed by atoms with Gasteiger partial charge in [0.25, 0.3) is 5.91 Å². The zero-order valence-electron chi connectivity index (χ0n) is 14.8. The predicted molar refractivity (Wildman–Crippen MR) is 105 cm³/mol. The summed E-state index contributed by atoms with van der Waals surface area (Å²) in [5, 5.41) is 0.502. The van der Waals surface area contributed by atoms with Gasteiger partial charge >= 0.3 is 11.4 Å². The van der Waals surface area contributed by atoms with E-state index in [9.17, 15) is 9.59 Å². The predicted octanol–water partition coefficient (Wildman–Crippen LogP) is 3.17. The summed E-state index contributed by atoms with van der Waals surface area (Å²) in [4.78, 5) is 29.1. The third-order valence-corrected chi connectivity index (χ3v) is 4.38. The molecular weight excluding hydrogens is 338 g/mol. The molecule has 0 atom stereocenters. The second-order valence-corrected chi connectivity index (χ2v) is 6.34. The maximum atomic E-state index is 13.1. The molecule has 0 unspecified atom stereocenters. The second-order valence-electron chi connectivity index (χ2n) is 6.34. The normalized spacial score (nSPS) is 10.7. The van der Waals surface area contributed by atoms with E-state index in [1.807, 2.05) is 61.5 Å². The van der Waals surface area contributed by atoms with Crippen molar-refractivity contribution in [3.05, 3.63) is 100 Å². The molecule has 5 heteroatoms. The fourth-order valence-corrected chi connectivity index (χ4v) is 3.04. The minimum absolute atomic E-state index is 0.288. The molecule has 0 radical (unpaired) electrons. The quantitative estimate of drug-likeness (QED) is 0.613. The van der Waals surface area contributed by atoms with Crippen LogP contribution < -0.4 is 16.0 Å². The fourth-order valence-electron chi connectivity index (χ4n) is 3.04. The van der Waals surface area contributed by atoms with Gasteiger partial charge in [-0.3, -0.25) is 4.79 Å². The second kappa shape index (κ2) is 6.88. The minimum Gasteiger partial charge on any atom is -0.266 e. The molecule has 1 heterocycles. The van der Waals surface area contributed by atoms with Crippen LogP contribution in [0.25, 0.3) is 22.3 Å². The average molecular weight is 356 g/mol. The van der Waals surface area contributed by atoms with E-state index in [2.05, 4.69) is 10.4 Å². The maximum absolute atomic E-state index is 13.1.